The van der Waals surface area contributed by atoms with Crippen molar-refractivity contribution < 1.29 is 9.53 Å². The third kappa shape index (κ3) is 4.20. The van der Waals surface area contributed by atoms with Crippen molar-refractivity contribution in [3.63, 3.8) is 0 Å². The Labute approximate surface area is 181 Å². The first-order valence-corrected chi connectivity index (χ1v) is 10.6. The van der Waals surface area contributed by atoms with E-state index in [1.165, 1.54) is 0 Å². The van der Waals surface area contributed by atoms with Gasteiger partial charge in [0.25, 0.3) is 5.91 Å². The van der Waals surface area contributed by atoms with Crippen LogP contribution in [0.4, 0.5) is 0 Å². The van der Waals surface area contributed by atoms with E-state index in [1.54, 1.807) is 10.7 Å². The molecule has 1 aliphatic heterocycles. The number of benzene rings is 2. The van der Waals surface area contributed by atoms with Crippen molar-refractivity contribution in [2.45, 2.75) is 6.42 Å². The van der Waals surface area contributed by atoms with Crippen LogP contribution in [0.3, 0.4) is 0 Å². The average Bonchev–Trinajstić information content (AvgIpc) is 3.16. The van der Waals surface area contributed by atoms with E-state index in [1.807, 2.05) is 77.8 Å². The molecule has 1 fully saturated rings. The highest BCUT2D eigenvalue weighted by atomic mass is 16.5. The maximum Gasteiger partial charge on any atom is 0.254 e. The zero-order chi connectivity index (χ0) is 21.0. The van der Waals surface area contributed by atoms with Crippen molar-refractivity contribution in [2.75, 3.05) is 26.3 Å². The van der Waals surface area contributed by atoms with Gasteiger partial charge in [-0.25, -0.2) is 9.50 Å². The lowest BCUT2D eigenvalue weighted by atomic mass is 9.98. The lowest BCUT2D eigenvalue weighted by molar-refractivity contribution is 0.0738. The Balaban J connectivity index is 1.37. The van der Waals surface area contributed by atoms with Crippen molar-refractivity contribution >= 4 is 11.6 Å². The minimum Gasteiger partial charge on any atom is -0.379 e. The number of amides is 1. The molecule has 3 heterocycles. The average molecular weight is 412 g/mol. The molecule has 0 bridgehead atoms. The number of hydrogen-bond donors (Lipinski definition) is 0. The van der Waals surface area contributed by atoms with Gasteiger partial charge < -0.3 is 9.64 Å². The van der Waals surface area contributed by atoms with Crippen LogP contribution in [0.2, 0.25) is 0 Å². The van der Waals surface area contributed by atoms with Crippen molar-refractivity contribution in [1.29, 1.82) is 0 Å². The van der Waals surface area contributed by atoms with Gasteiger partial charge in [0.05, 0.1) is 18.9 Å². The zero-order valence-corrected chi connectivity index (χ0v) is 17.2. The predicted octanol–water partition coefficient (Wildman–Crippen LogP) is 3.73. The van der Waals surface area contributed by atoms with Gasteiger partial charge in [-0.05, 0) is 35.7 Å². The second kappa shape index (κ2) is 8.70. The van der Waals surface area contributed by atoms with Crippen LogP contribution >= 0.6 is 0 Å². The van der Waals surface area contributed by atoms with Gasteiger partial charge in [-0.15, -0.1) is 0 Å². The number of aromatic nitrogens is 3. The quantitative estimate of drug-likeness (QED) is 0.513. The largest absolute Gasteiger partial charge is 0.379 e. The first kappa shape index (κ1) is 19.5. The van der Waals surface area contributed by atoms with E-state index in [4.69, 9.17) is 4.74 Å². The summed E-state index contributed by atoms with van der Waals surface area (Å²) in [6.45, 7) is 2.40. The van der Waals surface area contributed by atoms with Crippen molar-refractivity contribution in [3.05, 3.63) is 90.4 Å². The van der Waals surface area contributed by atoms with E-state index in [2.05, 4.69) is 10.1 Å². The summed E-state index contributed by atoms with van der Waals surface area (Å²) in [5.74, 6) is 0.233. The van der Waals surface area contributed by atoms with Crippen LogP contribution in [0.1, 0.15) is 16.1 Å². The third-order valence-corrected chi connectivity index (χ3v) is 5.68. The summed E-state index contributed by atoms with van der Waals surface area (Å²) in [5, 5.41) is 4.64. The van der Waals surface area contributed by atoms with Crippen LogP contribution in [-0.4, -0.2) is 51.7 Å². The molecule has 1 atom stereocenters. The molecule has 1 saturated heterocycles. The number of carbonyl (C=O) groups excluding carboxylic acids is 1. The summed E-state index contributed by atoms with van der Waals surface area (Å²) in [6, 6.07) is 21.9. The topological polar surface area (TPSA) is 59.7 Å². The molecule has 4 aromatic rings. The number of hydrogen-bond acceptors (Lipinski definition) is 4. The number of rotatable bonds is 4. The van der Waals surface area contributed by atoms with Crippen molar-refractivity contribution in [2.24, 2.45) is 5.92 Å². The molecular weight excluding hydrogens is 388 g/mol. The Kier molecular flexibility index (Phi) is 5.46. The molecule has 1 aliphatic rings. The van der Waals surface area contributed by atoms with Crippen LogP contribution in [0.15, 0.2) is 79.1 Å². The van der Waals surface area contributed by atoms with E-state index in [-0.39, 0.29) is 11.8 Å². The van der Waals surface area contributed by atoms with Gasteiger partial charge in [0.15, 0.2) is 5.65 Å². The maximum absolute atomic E-state index is 13.5. The molecule has 2 aromatic heterocycles. The monoisotopic (exact) mass is 412 g/mol. The number of fused-ring (bicyclic) bond motifs is 1. The molecule has 1 amide bonds. The van der Waals surface area contributed by atoms with E-state index in [0.717, 1.165) is 34.5 Å². The Bertz CT molecular complexity index is 1190. The Morgan fingerprint density at radius 2 is 1.87 bits per heavy atom. The third-order valence-electron chi connectivity index (χ3n) is 5.68. The van der Waals surface area contributed by atoms with E-state index < -0.39 is 0 Å². The summed E-state index contributed by atoms with van der Waals surface area (Å²) >= 11 is 0. The van der Waals surface area contributed by atoms with Gasteiger partial charge in [0.2, 0.25) is 0 Å². The lowest BCUT2D eigenvalue weighted by Gasteiger charge is -2.24. The van der Waals surface area contributed by atoms with E-state index in [0.29, 0.717) is 26.3 Å². The molecule has 0 radical (unpaired) electrons. The molecule has 0 unspecified atom stereocenters. The maximum atomic E-state index is 13.5. The molecule has 2 aromatic carbocycles. The minimum absolute atomic E-state index is 0.0490. The Morgan fingerprint density at radius 3 is 2.77 bits per heavy atom. The Hall–Kier alpha value is -3.51. The summed E-state index contributed by atoms with van der Waals surface area (Å²) in [7, 11) is 0. The van der Waals surface area contributed by atoms with E-state index >= 15 is 0 Å². The Morgan fingerprint density at radius 1 is 1.03 bits per heavy atom. The molecule has 0 aliphatic carbocycles. The SMILES string of the molecule is O=C(c1ccccc1-c1ccccc1)N1CCOC[C@@H](Cc2ccc3nccn3n2)C1. The molecule has 31 heavy (non-hydrogen) atoms. The number of imidazole rings is 1. The minimum atomic E-state index is 0.0490. The molecular formula is C25H24N4O2. The van der Waals surface area contributed by atoms with Gasteiger partial charge in [-0.1, -0.05) is 48.5 Å². The molecule has 156 valence electrons. The standard InChI is InChI=1S/C25H24N4O2/c30-25(23-9-5-4-8-22(23)20-6-2-1-3-7-20)28-14-15-31-18-19(17-28)16-21-10-11-24-26-12-13-29(24)27-21/h1-13,19H,14-18H2/t19-/m0/s1. The van der Waals surface area contributed by atoms with Crippen LogP contribution in [-0.2, 0) is 11.2 Å². The normalized spacial score (nSPS) is 16.9. The summed E-state index contributed by atoms with van der Waals surface area (Å²) in [4.78, 5) is 19.7. The predicted molar refractivity (Wildman–Crippen MR) is 119 cm³/mol. The number of nitrogens with zero attached hydrogens (tertiary/aromatic N) is 4. The summed E-state index contributed by atoms with van der Waals surface area (Å²) in [6.07, 6.45) is 4.34. The van der Waals surface area contributed by atoms with Crippen molar-refractivity contribution in [3.8, 4) is 11.1 Å². The molecule has 0 spiro atoms. The van der Waals surface area contributed by atoms with Gasteiger partial charge >= 0.3 is 0 Å². The van der Waals surface area contributed by atoms with Crippen LogP contribution in [0.5, 0.6) is 0 Å². The molecule has 0 N–H and O–H groups in total. The number of ether oxygens (including phenoxy) is 1. The highest BCUT2D eigenvalue weighted by Gasteiger charge is 2.25. The van der Waals surface area contributed by atoms with E-state index in [9.17, 15) is 4.79 Å². The summed E-state index contributed by atoms with van der Waals surface area (Å²) < 4.78 is 7.63. The fourth-order valence-electron chi connectivity index (χ4n) is 4.16. The van der Waals surface area contributed by atoms with Crippen LogP contribution < -0.4 is 0 Å². The van der Waals surface area contributed by atoms with Gasteiger partial charge in [0, 0.05) is 37.0 Å². The lowest BCUT2D eigenvalue weighted by Crippen LogP contribution is -2.36. The highest BCUT2D eigenvalue weighted by Crippen LogP contribution is 2.25. The smallest absolute Gasteiger partial charge is 0.254 e. The second-order valence-corrected chi connectivity index (χ2v) is 7.86. The first-order chi connectivity index (χ1) is 15.3. The molecule has 0 saturated carbocycles. The molecule has 6 heteroatoms. The molecule has 6 nitrogen and oxygen atoms in total. The molecule has 5 rings (SSSR count). The second-order valence-electron chi connectivity index (χ2n) is 7.86. The summed E-state index contributed by atoms with van der Waals surface area (Å²) in [5.41, 5.74) is 4.54. The van der Waals surface area contributed by atoms with Gasteiger partial charge in [0.1, 0.15) is 0 Å². The van der Waals surface area contributed by atoms with Gasteiger partial charge in [-0.3, -0.25) is 4.79 Å². The fraction of sp³-hybridized carbons (Fsp3) is 0.240. The van der Waals surface area contributed by atoms with Gasteiger partial charge in [-0.2, -0.15) is 5.10 Å². The fourth-order valence-corrected chi connectivity index (χ4v) is 4.16. The van der Waals surface area contributed by atoms with Crippen molar-refractivity contribution in [1.82, 2.24) is 19.5 Å². The van der Waals surface area contributed by atoms with Crippen LogP contribution in [0.25, 0.3) is 16.8 Å². The number of carbonyl (C=O) groups is 1. The zero-order valence-electron chi connectivity index (χ0n) is 17.2. The van der Waals surface area contributed by atoms with Crippen LogP contribution in [0, 0.1) is 5.92 Å². The first-order valence-electron chi connectivity index (χ1n) is 10.6. The highest BCUT2D eigenvalue weighted by molar-refractivity contribution is 6.00.